The molecule has 3 nitrogen and oxygen atoms in total. The van der Waals surface area contributed by atoms with E-state index in [1.807, 2.05) is 0 Å². The highest BCUT2D eigenvalue weighted by molar-refractivity contribution is 6.08. The SMILES string of the molecule is N#CC(=O)c1ccccc1COc1ccccc1C(F)(F)F. The van der Waals surface area contributed by atoms with Gasteiger partial charge in [0.2, 0.25) is 0 Å². The monoisotopic (exact) mass is 305 g/mol. The first-order chi connectivity index (χ1) is 10.4. The second-order valence-corrected chi connectivity index (χ2v) is 4.38. The van der Waals surface area contributed by atoms with Gasteiger partial charge in [-0.1, -0.05) is 30.3 Å². The number of nitrogens with zero attached hydrogens (tertiary/aromatic N) is 1. The van der Waals surface area contributed by atoms with E-state index in [1.165, 1.54) is 36.4 Å². The van der Waals surface area contributed by atoms with Crippen molar-refractivity contribution in [3.05, 3.63) is 65.2 Å². The highest BCUT2D eigenvalue weighted by Gasteiger charge is 2.34. The van der Waals surface area contributed by atoms with Gasteiger partial charge in [0.25, 0.3) is 5.78 Å². The van der Waals surface area contributed by atoms with E-state index in [2.05, 4.69) is 0 Å². The lowest BCUT2D eigenvalue weighted by molar-refractivity contribution is -0.139. The first kappa shape index (κ1) is 15.6. The Bertz CT molecular complexity index is 733. The molecule has 112 valence electrons. The maximum absolute atomic E-state index is 12.9. The zero-order chi connectivity index (χ0) is 16.2. The van der Waals surface area contributed by atoms with Crippen molar-refractivity contribution in [2.75, 3.05) is 0 Å². The number of ketones is 1. The van der Waals surface area contributed by atoms with Crippen LogP contribution in [0.5, 0.6) is 5.75 Å². The molecule has 0 bridgehead atoms. The van der Waals surface area contributed by atoms with Crippen molar-refractivity contribution >= 4 is 5.78 Å². The van der Waals surface area contributed by atoms with Crippen molar-refractivity contribution in [1.82, 2.24) is 0 Å². The maximum atomic E-state index is 12.9. The summed E-state index contributed by atoms with van der Waals surface area (Å²) in [4.78, 5) is 11.5. The second kappa shape index (κ2) is 6.31. The third-order valence-corrected chi connectivity index (χ3v) is 2.94. The highest BCUT2D eigenvalue weighted by atomic mass is 19.4. The van der Waals surface area contributed by atoms with Crippen LogP contribution >= 0.6 is 0 Å². The Kier molecular flexibility index (Phi) is 4.47. The number of rotatable bonds is 4. The quantitative estimate of drug-likeness (QED) is 0.634. The van der Waals surface area contributed by atoms with Crippen molar-refractivity contribution in [2.24, 2.45) is 0 Å². The number of para-hydroxylation sites is 1. The van der Waals surface area contributed by atoms with Gasteiger partial charge in [-0.05, 0) is 18.2 Å². The predicted octanol–water partition coefficient (Wildman–Crippen LogP) is 3.99. The molecule has 0 saturated carbocycles. The lowest BCUT2D eigenvalue weighted by Crippen LogP contribution is -2.10. The molecular weight excluding hydrogens is 295 g/mol. The van der Waals surface area contributed by atoms with Gasteiger partial charge in [0.1, 0.15) is 18.4 Å². The first-order valence-electron chi connectivity index (χ1n) is 6.25. The van der Waals surface area contributed by atoms with Crippen LogP contribution in [0.25, 0.3) is 0 Å². The molecule has 0 aliphatic heterocycles. The van der Waals surface area contributed by atoms with Crippen LogP contribution < -0.4 is 4.74 Å². The fourth-order valence-electron chi connectivity index (χ4n) is 1.91. The summed E-state index contributed by atoms with van der Waals surface area (Å²) in [5, 5.41) is 8.66. The molecule has 0 saturated heterocycles. The normalized spacial score (nSPS) is 10.8. The minimum Gasteiger partial charge on any atom is -0.488 e. The molecule has 0 atom stereocenters. The molecule has 0 amide bonds. The molecule has 0 heterocycles. The Hall–Kier alpha value is -2.81. The van der Waals surface area contributed by atoms with Crippen molar-refractivity contribution in [1.29, 1.82) is 5.26 Å². The summed E-state index contributed by atoms with van der Waals surface area (Å²) < 4.78 is 43.8. The predicted molar refractivity (Wildman–Crippen MR) is 72.2 cm³/mol. The molecule has 0 aliphatic rings. The zero-order valence-corrected chi connectivity index (χ0v) is 11.2. The maximum Gasteiger partial charge on any atom is 0.419 e. The van der Waals surface area contributed by atoms with E-state index in [4.69, 9.17) is 10.00 Å². The van der Waals surface area contributed by atoms with Crippen LogP contribution in [-0.4, -0.2) is 5.78 Å². The van der Waals surface area contributed by atoms with Gasteiger partial charge in [0.15, 0.2) is 0 Å². The minimum absolute atomic E-state index is 0.120. The Morgan fingerprint density at radius 3 is 2.41 bits per heavy atom. The Labute approximate surface area is 124 Å². The number of carbonyl (C=O) groups excluding carboxylic acids is 1. The molecule has 6 heteroatoms. The Morgan fingerprint density at radius 1 is 1.09 bits per heavy atom. The fourth-order valence-corrected chi connectivity index (χ4v) is 1.91. The number of nitriles is 1. The van der Waals surface area contributed by atoms with E-state index in [-0.39, 0.29) is 17.9 Å². The van der Waals surface area contributed by atoms with Crippen LogP contribution in [0.3, 0.4) is 0 Å². The summed E-state index contributed by atoms with van der Waals surface area (Å²) in [6.07, 6.45) is -4.53. The molecule has 0 spiro atoms. The Morgan fingerprint density at radius 2 is 1.73 bits per heavy atom. The summed E-state index contributed by atoms with van der Waals surface area (Å²) in [5.41, 5.74) is -0.417. The van der Waals surface area contributed by atoms with E-state index in [1.54, 1.807) is 12.1 Å². The van der Waals surface area contributed by atoms with Gasteiger partial charge in [-0.25, -0.2) is 0 Å². The number of alkyl halides is 3. The number of benzene rings is 2. The van der Waals surface area contributed by atoms with Crippen LogP contribution in [0.2, 0.25) is 0 Å². The van der Waals surface area contributed by atoms with Crippen molar-refractivity contribution < 1.29 is 22.7 Å². The van der Waals surface area contributed by atoms with Gasteiger partial charge >= 0.3 is 6.18 Å². The highest BCUT2D eigenvalue weighted by Crippen LogP contribution is 2.36. The van der Waals surface area contributed by atoms with Crippen LogP contribution in [0, 0.1) is 11.3 Å². The number of carbonyl (C=O) groups is 1. The number of halogens is 3. The Balaban J connectivity index is 2.26. The smallest absolute Gasteiger partial charge is 0.419 e. The first-order valence-corrected chi connectivity index (χ1v) is 6.25. The minimum atomic E-state index is -4.53. The third kappa shape index (κ3) is 3.44. The number of hydrogen-bond donors (Lipinski definition) is 0. The molecule has 2 rings (SSSR count). The summed E-state index contributed by atoms with van der Waals surface area (Å²) in [7, 11) is 0. The lowest BCUT2D eigenvalue weighted by Gasteiger charge is -2.14. The molecule has 2 aromatic carbocycles. The van der Waals surface area contributed by atoms with E-state index in [0.717, 1.165) is 6.07 Å². The average molecular weight is 305 g/mol. The van der Waals surface area contributed by atoms with Crippen molar-refractivity contribution in [2.45, 2.75) is 12.8 Å². The van der Waals surface area contributed by atoms with E-state index >= 15 is 0 Å². The zero-order valence-electron chi connectivity index (χ0n) is 11.2. The fraction of sp³-hybridized carbons (Fsp3) is 0.125. The molecule has 0 aromatic heterocycles. The van der Waals surface area contributed by atoms with Crippen LogP contribution in [-0.2, 0) is 12.8 Å². The van der Waals surface area contributed by atoms with Gasteiger partial charge in [-0.15, -0.1) is 0 Å². The van der Waals surface area contributed by atoms with Gasteiger partial charge < -0.3 is 4.74 Å². The third-order valence-electron chi connectivity index (χ3n) is 2.94. The van der Waals surface area contributed by atoms with E-state index in [0.29, 0.717) is 5.56 Å². The standard InChI is InChI=1S/C16H10F3NO2/c17-16(18,19)13-7-3-4-8-15(13)22-10-11-5-1-2-6-12(11)14(21)9-20/h1-8H,10H2. The van der Waals surface area contributed by atoms with Crippen LogP contribution in [0.1, 0.15) is 21.5 Å². The molecule has 0 N–H and O–H groups in total. The van der Waals surface area contributed by atoms with Crippen molar-refractivity contribution in [3.8, 4) is 11.8 Å². The van der Waals surface area contributed by atoms with Gasteiger partial charge in [0.05, 0.1) is 5.56 Å². The summed E-state index contributed by atoms with van der Waals surface area (Å²) in [6, 6.07) is 12.4. The molecule has 0 radical (unpaired) electrons. The molecule has 0 aliphatic carbocycles. The largest absolute Gasteiger partial charge is 0.488 e. The second-order valence-electron chi connectivity index (χ2n) is 4.38. The van der Waals surface area contributed by atoms with Gasteiger partial charge in [-0.3, -0.25) is 4.79 Å². The molecule has 22 heavy (non-hydrogen) atoms. The molecular formula is C16H10F3NO2. The summed E-state index contributed by atoms with van der Waals surface area (Å²) in [5.74, 6) is -1.09. The van der Waals surface area contributed by atoms with Crippen LogP contribution in [0.15, 0.2) is 48.5 Å². The topological polar surface area (TPSA) is 50.1 Å². The average Bonchev–Trinajstić information content (AvgIpc) is 2.52. The van der Waals surface area contributed by atoms with Crippen molar-refractivity contribution in [3.63, 3.8) is 0 Å². The van der Waals surface area contributed by atoms with Crippen LogP contribution in [0.4, 0.5) is 13.2 Å². The summed E-state index contributed by atoms with van der Waals surface area (Å²) in [6.45, 7) is -0.239. The number of hydrogen-bond acceptors (Lipinski definition) is 3. The lowest BCUT2D eigenvalue weighted by atomic mass is 10.1. The molecule has 0 unspecified atom stereocenters. The van der Waals surface area contributed by atoms with Gasteiger partial charge in [0, 0.05) is 11.1 Å². The number of ether oxygens (including phenoxy) is 1. The molecule has 0 fully saturated rings. The van der Waals surface area contributed by atoms with E-state index in [9.17, 15) is 18.0 Å². The summed E-state index contributed by atoms with van der Waals surface area (Å²) >= 11 is 0. The molecule has 2 aromatic rings. The van der Waals surface area contributed by atoms with E-state index < -0.39 is 17.5 Å². The van der Waals surface area contributed by atoms with Gasteiger partial charge in [-0.2, -0.15) is 18.4 Å². The number of Topliss-reactive ketones (excluding diaryl/α,β-unsaturated/α-hetero) is 1.